The molecule has 1 saturated heterocycles. The van der Waals surface area contributed by atoms with Crippen molar-refractivity contribution in [3.05, 3.63) is 27.7 Å². The summed E-state index contributed by atoms with van der Waals surface area (Å²) in [4.78, 5) is 11.3. The van der Waals surface area contributed by atoms with Gasteiger partial charge in [0.1, 0.15) is 6.04 Å². The van der Waals surface area contributed by atoms with Gasteiger partial charge in [0.15, 0.2) is 0 Å². The molecule has 0 bridgehead atoms. The first kappa shape index (κ1) is 13.6. The second kappa shape index (κ2) is 5.91. The summed E-state index contributed by atoms with van der Waals surface area (Å²) in [5.74, 6) is -0.867. The van der Waals surface area contributed by atoms with Crippen molar-refractivity contribution in [3.8, 4) is 0 Å². The minimum absolute atomic E-state index is 0.00282. The van der Waals surface area contributed by atoms with E-state index in [4.69, 9.17) is 16.3 Å². The van der Waals surface area contributed by atoms with E-state index in [1.54, 1.807) is 18.2 Å². The Balaban J connectivity index is 2.12. The van der Waals surface area contributed by atoms with Crippen LogP contribution in [0.4, 0.5) is 5.69 Å². The minimum Gasteiger partial charge on any atom is -0.480 e. The van der Waals surface area contributed by atoms with Crippen LogP contribution >= 0.6 is 27.5 Å². The molecule has 1 aromatic rings. The number of rotatable bonds is 4. The van der Waals surface area contributed by atoms with Gasteiger partial charge in [-0.1, -0.05) is 11.6 Å². The smallest absolute Gasteiger partial charge is 0.326 e. The van der Waals surface area contributed by atoms with Crippen molar-refractivity contribution in [2.75, 3.05) is 18.5 Å². The quantitative estimate of drug-likeness (QED) is 0.888. The van der Waals surface area contributed by atoms with E-state index in [1.807, 2.05) is 0 Å². The van der Waals surface area contributed by atoms with E-state index < -0.39 is 12.0 Å². The molecule has 0 aromatic heterocycles. The molecule has 2 unspecified atom stereocenters. The van der Waals surface area contributed by atoms with Gasteiger partial charge < -0.3 is 15.2 Å². The molecular formula is C12H13BrClNO3. The van der Waals surface area contributed by atoms with E-state index in [9.17, 15) is 9.90 Å². The normalized spacial score (nSPS) is 20.7. The largest absolute Gasteiger partial charge is 0.480 e. The van der Waals surface area contributed by atoms with Crippen molar-refractivity contribution in [1.82, 2.24) is 0 Å². The lowest BCUT2D eigenvalue weighted by molar-refractivity contribution is -0.139. The number of nitrogens with one attached hydrogen (secondary N) is 1. The zero-order chi connectivity index (χ0) is 13.1. The van der Waals surface area contributed by atoms with E-state index in [0.29, 0.717) is 18.2 Å². The summed E-state index contributed by atoms with van der Waals surface area (Å²) in [6.07, 6.45) is 0.763. The summed E-state index contributed by atoms with van der Waals surface area (Å²) in [6.45, 7) is 1.11. The van der Waals surface area contributed by atoms with Gasteiger partial charge in [0.2, 0.25) is 0 Å². The molecule has 1 heterocycles. The summed E-state index contributed by atoms with van der Waals surface area (Å²) < 4.78 is 5.97. The SMILES string of the molecule is O=C(O)C(Nc1ccc(Cl)c(Br)c1)C1CCOC1. The number of carboxylic acids is 1. The van der Waals surface area contributed by atoms with Crippen LogP contribution in [0, 0.1) is 5.92 Å². The Kier molecular flexibility index (Phi) is 4.48. The third-order valence-electron chi connectivity index (χ3n) is 2.94. The van der Waals surface area contributed by atoms with Gasteiger partial charge in [0.05, 0.1) is 11.6 Å². The van der Waals surface area contributed by atoms with E-state index in [1.165, 1.54) is 0 Å². The van der Waals surface area contributed by atoms with Crippen LogP contribution in [0.25, 0.3) is 0 Å². The second-order valence-corrected chi connectivity index (χ2v) is 5.47. The number of carboxylic acid groups (broad SMARTS) is 1. The van der Waals surface area contributed by atoms with E-state index in [2.05, 4.69) is 21.2 Å². The number of benzene rings is 1. The number of hydrogen-bond acceptors (Lipinski definition) is 3. The lowest BCUT2D eigenvalue weighted by Gasteiger charge is -2.20. The second-order valence-electron chi connectivity index (χ2n) is 4.21. The highest BCUT2D eigenvalue weighted by molar-refractivity contribution is 9.10. The molecule has 18 heavy (non-hydrogen) atoms. The molecule has 0 radical (unpaired) electrons. The molecule has 0 saturated carbocycles. The van der Waals surface area contributed by atoms with Crippen LogP contribution in [0.15, 0.2) is 22.7 Å². The van der Waals surface area contributed by atoms with Crippen molar-refractivity contribution in [3.63, 3.8) is 0 Å². The molecule has 0 aliphatic carbocycles. The van der Waals surface area contributed by atoms with Crippen LogP contribution in [-0.4, -0.2) is 30.3 Å². The molecule has 98 valence electrons. The van der Waals surface area contributed by atoms with Crippen molar-refractivity contribution < 1.29 is 14.6 Å². The maximum atomic E-state index is 11.3. The summed E-state index contributed by atoms with van der Waals surface area (Å²) >= 11 is 9.21. The summed E-state index contributed by atoms with van der Waals surface area (Å²) in [6, 6.07) is 4.62. The molecule has 2 atom stereocenters. The monoisotopic (exact) mass is 333 g/mol. The van der Waals surface area contributed by atoms with Gasteiger partial charge in [-0.2, -0.15) is 0 Å². The van der Waals surface area contributed by atoms with Gasteiger partial charge in [-0.3, -0.25) is 0 Å². The number of halogens is 2. The molecule has 4 nitrogen and oxygen atoms in total. The average Bonchev–Trinajstić information content (AvgIpc) is 2.83. The molecule has 0 amide bonds. The fraction of sp³-hybridized carbons (Fsp3) is 0.417. The average molecular weight is 335 g/mol. The molecule has 0 spiro atoms. The van der Waals surface area contributed by atoms with Crippen LogP contribution in [0.5, 0.6) is 0 Å². The minimum atomic E-state index is -0.864. The predicted octanol–water partition coefficient (Wildman–Crippen LogP) is 3.00. The zero-order valence-corrected chi connectivity index (χ0v) is 11.9. The Bertz CT molecular complexity index is 449. The topological polar surface area (TPSA) is 58.6 Å². The van der Waals surface area contributed by atoms with Crippen LogP contribution in [0.1, 0.15) is 6.42 Å². The molecule has 1 aliphatic rings. The number of anilines is 1. The van der Waals surface area contributed by atoms with Gasteiger partial charge in [-0.15, -0.1) is 0 Å². The third-order valence-corrected chi connectivity index (χ3v) is 4.16. The molecule has 2 rings (SSSR count). The maximum absolute atomic E-state index is 11.3. The molecule has 1 aromatic carbocycles. The predicted molar refractivity (Wildman–Crippen MR) is 73.1 cm³/mol. The Morgan fingerprint density at radius 3 is 2.94 bits per heavy atom. The highest BCUT2D eigenvalue weighted by atomic mass is 79.9. The highest BCUT2D eigenvalue weighted by Gasteiger charge is 2.31. The van der Waals surface area contributed by atoms with Crippen LogP contribution in [0.2, 0.25) is 5.02 Å². The lowest BCUT2D eigenvalue weighted by atomic mass is 9.99. The summed E-state index contributed by atoms with van der Waals surface area (Å²) in [7, 11) is 0. The first-order valence-electron chi connectivity index (χ1n) is 5.60. The summed E-state index contributed by atoms with van der Waals surface area (Å²) in [5.41, 5.74) is 0.727. The Morgan fingerprint density at radius 2 is 2.39 bits per heavy atom. The number of carbonyl (C=O) groups is 1. The van der Waals surface area contributed by atoms with Crippen LogP contribution < -0.4 is 5.32 Å². The van der Waals surface area contributed by atoms with E-state index >= 15 is 0 Å². The molecule has 2 N–H and O–H groups in total. The standard InChI is InChI=1S/C12H13BrClNO3/c13-9-5-8(1-2-10(9)14)15-11(12(16)17)7-3-4-18-6-7/h1-2,5,7,11,15H,3-4,6H2,(H,16,17). The molecular weight excluding hydrogens is 321 g/mol. The van der Waals surface area contributed by atoms with Crippen molar-refractivity contribution in [2.45, 2.75) is 12.5 Å². The first-order valence-corrected chi connectivity index (χ1v) is 6.77. The number of hydrogen-bond donors (Lipinski definition) is 2. The Labute approximate surface area is 118 Å². The molecule has 6 heteroatoms. The van der Waals surface area contributed by atoms with Crippen LogP contribution in [-0.2, 0) is 9.53 Å². The van der Waals surface area contributed by atoms with Crippen molar-refractivity contribution in [2.24, 2.45) is 5.92 Å². The van der Waals surface area contributed by atoms with E-state index in [0.717, 1.165) is 16.6 Å². The fourth-order valence-corrected chi connectivity index (χ4v) is 2.46. The summed E-state index contributed by atoms with van der Waals surface area (Å²) in [5, 5.41) is 12.9. The highest BCUT2D eigenvalue weighted by Crippen LogP contribution is 2.27. The van der Waals surface area contributed by atoms with Gasteiger partial charge >= 0.3 is 5.97 Å². The van der Waals surface area contributed by atoms with Gasteiger partial charge in [0.25, 0.3) is 0 Å². The Hall–Kier alpha value is -0.780. The van der Waals surface area contributed by atoms with Crippen LogP contribution in [0.3, 0.4) is 0 Å². The number of ether oxygens (including phenoxy) is 1. The zero-order valence-electron chi connectivity index (χ0n) is 9.53. The lowest BCUT2D eigenvalue weighted by Crippen LogP contribution is -2.37. The first-order chi connectivity index (χ1) is 8.58. The third kappa shape index (κ3) is 3.16. The van der Waals surface area contributed by atoms with E-state index in [-0.39, 0.29) is 5.92 Å². The van der Waals surface area contributed by atoms with Gasteiger partial charge in [-0.05, 0) is 40.5 Å². The number of aliphatic carboxylic acids is 1. The van der Waals surface area contributed by atoms with Crippen molar-refractivity contribution >= 4 is 39.2 Å². The molecule has 1 aliphatic heterocycles. The Morgan fingerprint density at radius 1 is 1.61 bits per heavy atom. The maximum Gasteiger partial charge on any atom is 0.326 e. The van der Waals surface area contributed by atoms with Gasteiger partial charge in [0, 0.05) is 22.7 Å². The fourth-order valence-electron chi connectivity index (χ4n) is 1.96. The molecule has 1 fully saturated rings. The van der Waals surface area contributed by atoms with Gasteiger partial charge in [-0.25, -0.2) is 4.79 Å². The van der Waals surface area contributed by atoms with Crippen molar-refractivity contribution in [1.29, 1.82) is 0 Å².